The molecule has 1 saturated heterocycles. The predicted molar refractivity (Wildman–Crippen MR) is 102 cm³/mol. The molecule has 1 aliphatic heterocycles. The molecule has 0 aliphatic carbocycles. The fourth-order valence-electron chi connectivity index (χ4n) is 2.73. The molecule has 0 unspecified atom stereocenters. The summed E-state index contributed by atoms with van der Waals surface area (Å²) in [5, 5.41) is 0.973. The number of amides is 1. The molecule has 5 nitrogen and oxygen atoms in total. The number of piperidine rings is 1. The Morgan fingerprint density at radius 1 is 1.28 bits per heavy atom. The van der Waals surface area contributed by atoms with Crippen LogP contribution in [0.2, 0.25) is 10.0 Å². The average molecular weight is 405 g/mol. The molecule has 1 N–H and O–H groups in total. The lowest BCUT2D eigenvalue weighted by atomic mass is 10.1. The van der Waals surface area contributed by atoms with Crippen LogP contribution in [-0.4, -0.2) is 44.1 Å². The standard InChI is InChI=1S/C17H22Cl2N2O3S/c1-2-12-25(23,24)20-13-8-10-21(11-9-13)17(22)7-6-14-15(18)4-3-5-16(14)19/h3-7,13,20H,2,8-12H2,1H3/b7-6+. The number of benzene rings is 1. The zero-order valence-electron chi connectivity index (χ0n) is 14.0. The van der Waals surface area contributed by atoms with Crippen molar-refractivity contribution in [1.29, 1.82) is 0 Å². The largest absolute Gasteiger partial charge is 0.339 e. The van der Waals surface area contributed by atoms with Crippen LogP contribution in [-0.2, 0) is 14.8 Å². The fraction of sp³-hybridized carbons (Fsp3) is 0.471. The van der Waals surface area contributed by atoms with Crippen molar-refractivity contribution in [2.24, 2.45) is 0 Å². The third-order valence-electron chi connectivity index (χ3n) is 4.02. The van der Waals surface area contributed by atoms with E-state index in [2.05, 4.69) is 4.72 Å². The van der Waals surface area contributed by atoms with Gasteiger partial charge < -0.3 is 4.90 Å². The van der Waals surface area contributed by atoms with Gasteiger partial charge in [0.1, 0.15) is 0 Å². The van der Waals surface area contributed by atoms with Gasteiger partial charge in [-0.2, -0.15) is 0 Å². The molecular formula is C17H22Cl2N2O3S. The van der Waals surface area contributed by atoms with E-state index in [1.807, 2.05) is 6.92 Å². The number of rotatable bonds is 6. The zero-order chi connectivity index (χ0) is 18.4. The third-order valence-corrected chi connectivity index (χ3v) is 6.32. The summed E-state index contributed by atoms with van der Waals surface area (Å²) in [7, 11) is -3.22. The maximum absolute atomic E-state index is 12.3. The summed E-state index contributed by atoms with van der Waals surface area (Å²) in [6.07, 6.45) is 4.87. The van der Waals surface area contributed by atoms with E-state index in [-0.39, 0.29) is 17.7 Å². The second kappa shape index (κ2) is 9.03. The van der Waals surface area contributed by atoms with Gasteiger partial charge in [-0.3, -0.25) is 4.79 Å². The maximum atomic E-state index is 12.3. The van der Waals surface area contributed by atoms with Crippen molar-refractivity contribution in [3.05, 3.63) is 39.9 Å². The quantitative estimate of drug-likeness (QED) is 0.739. The summed E-state index contributed by atoms with van der Waals surface area (Å²) in [6, 6.07) is 5.06. The SMILES string of the molecule is CCCS(=O)(=O)NC1CCN(C(=O)/C=C/c2c(Cl)cccc2Cl)CC1. The molecule has 1 fully saturated rings. The summed E-state index contributed by atoms with van der Waals surface area (Å²) in [5.41, 5.74) is 0.612. The van der Waals surface area contributed by atoms with Crippen molar-refractivity contribution in [2.75, 3.05) is 18.8 Å². The first-order valence-corrected chi connectivity index (χ1v) is 10.6. The molecule has 1 aromatic carbocycles. The first kappa shape index (κ1) is 20.2. The molecule has 0 saturated carbocycles. The van der Waals surface area contributed by atoms with Crippen molar-refractivity contribution in [1.82, 2.24) is 9.62 Å². The normalized spacial score (nSPS) is 16.5. The third kappa shape index (κ3) is 5.99. The highest BCUT2D eigenvalue weighted by Gasteiger charge is 2.24. The first-order valence-electron chi connectivity index (χ1n) is 8.23. The first-order chi connectivity index (χ1) is 11.8. The van der Waals surface area contributed by atoms with Crippen LogP contribution in [0.25, 0.3) is 6.08 Å². The van der Waals surface area contributed by atoms with Gasteiger partial charge in [0.05, 0.1) is 5.75 Å². The van der Waals surface area contributed by atoms with Gasteiger partial charge >= 0.3 is 0 Å². The summed E-state index contributed by atoms with van der Waals surface area (Å²) in [5.74, 6) is -0.00105. The van der Waals surface area contributed by atoms with Crippen molar-refractivity contribution in [2.45, 2.75) is 32.2 Å². The number of nitrogens with zero attached hydrogens (tertiary/aromatic N) is 1. The molecule has 0 aromatic heterocycles. The second-order valence-electron chi connectivity index (χ2n) is 6.00. The molecule has 0 atom stereocenters. The average Bonchev–Trinajstić information content (AvgIpc) is 2.54. The van der Waals surface area contributed by atoms with Gasteiger partial charge in [-0.25, -0.2) is 13.1 Å². The maximum Gasteiger partial charge on any atom is 0.246 e. The second-order valence-corrected chi connectivity index (χ2v) is 8.69. The van der Waals surface area contributed by atoms with Crippen LogP contribution < -0.4 is 4.72 Å². The van der Waals surface area contributed by atoms with Gasteiger partial charge in [-0.05, 0) is 37.5 Å². The number of nitrogens with one attached hydrogen (secondary N) is 1. The smallest absolute Gasteiger partial charge is 0.246 e. The van der Waals surface area contributed by atoms with Crippen molar-refractivity contribution in [3.63, 3.8) is 0 Å². The van der Waals surface area contributed by atoms with Crippen molar-refractivity contribution < 1.29 is 13.2 Å². The zero-order valence-corrected chi connectivity index (χ0v) is 16.4. The monoisotopic (exact) mass is 404 g/mol. The van der Waals surface area contributed by atoms with Crippen LogP contribution in [0.1, 0.15) is 31.7 Å². The Balaban J connectivity index is 1.90. The van der Waals surface area contributed by atoms with Crippen LogP contribution in [0, 0.1) is 0 Å². The van der Waals surface area contributed by atoms with E-state index in [9.17, 15) is 13.2 Å². The Hall–Kier alpha value is -1.08. The van der Waals surface area contributed by atoms with Crippen LogP contribution in [0.15, 0.2) is 24.3 Å². The van der Waals surface area contributed by atoms with Crippen LogP contribution in [0.5, 0.6) is 0 Å². The molecule has 25 heavy (non-hydrogen) atoms. The highest BCUT2D eigenvalue weighted by molar-refractivity contribution is 7.89. The lowest BCUT2D eigenvalue weighted by Crippen LogP contribution is -2.46. The summed E-state index contributed by atoms with van der Waals surface area (Å²) >= 11 is 12.2. The molecule has 0 bridgehead atoms. The Kier molecular flexibility index (Phi) is 7.31. The Labute approximate surface area is 159 Å². The Morgan fingerprint density at radius 2 is 1.88 bits per heavy atom. The van der Waals surface area contributed by atoms with Gasteiger partial charge in [0.15, 0.2) is 0 Å². The van der Waals surface area contributed by atoms with E-state index < -0.39 is 10.0 Å². The van der Waals surface area contributed by atoms with E-state index in [0.717, 1.165) is 0 Å². The molecule has 1 amide bonds. The molecule has 2 rings (SSSR count). The summed E-state index contributed by atoms with van der Waals surface area (Å²) < 4.78 is 26.3. The van der Waals surface area contributed by atoms with Gasteiger partial charge in [0.2, 0.25) is 15.9 Å². The van der Waals surface area contributed by atoms with Gasteiger partial charge in [-0.15, -0.1) is 0 Å². The van der Waals surface area contributed by atoms with Crippen LogP contribution >= 0.6 is 23.2 Å². The minimum atomic E-state index is -3.22. The minimum absolute atomic E-state index is 0.109. The Morgan fingerprint density at radius 3 is 2.44 bits per heavy atom. The number of carbonyl (C=O) groups is 1. The molecule has 1 heterocycles. The minimum Gasteiger partial charge on any atom is -0.339 e. The topological polar surface area (TPSA) is 66.5 Å². The van der Waals surface area contributed by atoms with E-state index in [0.29, 0.717) is 48.0 Å². The highest BCUT2D eigenvalue weighted by atomic mass is 35.5. The van der Waals surface area contributed by atoms with Crippen molar-refractivity contribution in [3.8, 4) is 0 Å². The molecule has 8 heteroatoms. The molecule has 0 radical (unpaired) electrons. The lowest BCUT2D eigenvalue weighted by Gasteiger charge is -2.31. The van der Waals surface area contributed by atoms with E-state index in [1.165, 1.54) is 6.08 Å². The predicted octanol–water partition coefficient (Wildman–Crippen LogP) is 3.33. The van der Waals surface area contributed by atoms with Crippen LogP contribution in [0.4, 0.5) is 0 Å². The number of halogens is 2. The van der Waals surface area contributed by atoms with Gasteiger partial charge in [-0.1, -0.05) is 36.2 Å². The van der Waals surface area contributed by atoms with Gasteiger partial charge in [0.25, 0.3) is 0 Å². The number of carbonyl (C=O) groups excluding carboxylic acids is 1. The van der Waals surface area contributed by atoms with Crippen LogP contribution in [0.3, 0.4) is 0 Å². The fourth-order valence-corrected chi connectivity index (χ4v) is 4.65. The Bertz CT molecular complexity index is 722. The van der Waals surface area contributed by atoms with E-state index in [4.69, 9.17) is 23.2 Å². The van der Waals surface area contributed by atoms with Crippen molar-refractivity contribution >= 4 is 45.2 Å². The van der Waals surface area contributed by atoms with E-state index in [1.54, 1.807) is 29.2 Å². The number of hydrogen-bond acceptors (Lipinski definition) is 3. The molecule has 1 aliphatic rings. The molecular weight excluding hydrogens is 383 g/mol. The summed E-state index contributed by atoms with van der Waals surface area (Å²) in [6.45, 7) is 2.86. The van der Waals surface area contributed by atoms with E-state index >= 15 is 0 Å². The number of hydrogen-bond donors (Lipinski definition) is 1. The molecule has 1 aromatic rings. The van der Waals surface area contributed by atoms with Gasteiger partial charge in [0, 0.05) is 40.8 Å². The number of sulfonamides is 1. The number of likely N-dealkylation sites (tertiary alicyclic amines) is 1. The lowest BCUT2D eigenvalue weighted by molar-refractivity contribution is -0.126. The summed E-state index contributed by atoms with van der Waals surface area (Å²) in [4.78, 5) is 14.0. The molecule has 138 valence electrons. The molecule has 0 spiro atoms. The highest BCUT2D eigenvalue weighted by Crippen LogP contribution is 2.25.